The summed E-state index contributed by atoms with van der Waals surface area (Å²) in [5.41, 5.74) is 0. The van der Waals surface area contributed by atoms with Crippen LogP contribution in [0.1, 0.15) is 26.7 Å². The molecule has 0 heterocycles. The van der Waals surface area contributed by atoms with Crippen molar-refractivity contribution in [2.24, 2.45) is 5.92 Å². The average molecular weight is 209 g/mol. The van der Waals surface area contributed by atoms with Crippen molar-refractivity contribution < 1.29 is 13.5 Å². The zero-order valence-corrected chi connectivity index (χ0v) is 9.22. The molecule has 0 rings (SSSR count). The van der Waals surface area contributed by atoms with E-state index < -0.39 is 12.5 Å². The molecule has 0 aliphatic carbocycles. The van der Waals surface area contributed by atoms with Gasteiger partial charge in [-0.1, -0.05) is 13.8 Å². The lowest BCUT2D eigenvalue weighted by atomic mass is 9.99. The van der Waals surface area contributed by atoms with Crippen LogP contribution in [0.5, 0.6) is 0 Å². The van der Waals surface area contributed by atoms with Gasteiger partial charge in [0.15, 0.2) is 0 Å². The molecule has 0 saturated carbocycles. The highest BCUT2D eigenvalue weighted by molar-refractivity contribution is 4.75. The third-order valence-corrected chi connectivity index (χ3v) is 2.29. The van der Waals surface area contributed by atoms with Crippen molar-refractivity contribution in [1.29, 1.82) is 0 Å². The van der Waals surface area contributed by atoms with Crippen LogP contribution in [0.25, 0.3) is 0 Å². The first-order valence-electron chi connectivity index (χ1n) is 5.13. The lowest BCUT2D eigenvalue weighted by Gasteiger charge is -2.24. The third kappa shape index (κ3) is 5.50. The highest BCUT2D eigenvalue weighted by Crippen LogP contribution is 2.15. The second kappa shape index (κ2) is 8.12. The van der Waals surface area contributed by atoms with Gasteiger partial charge in [0.25, 0.3) is 6.43 Å². The first-order chi connectivity index (χ1) is 6.63. The molecule has 2 nitrogen and oxygen atoms in total. The molecule has 0 spiro atoms. The molecule has 0 aromatic heterocycles. The minimum atomic E-state index is -2.30. The maximum Gasteiger partial charge on any atom is 0.253 e. The zero-order chi connectivity index (χ0) is 11.0. The maximum atomic E-state index is 12.6. The summed E-state index contributed by atoms with van der Waals surface area (Å²) in [5, 5.41) is 2.87. The Kier molecular flexibility index (Phi) is 7.99. The predicted octanol–water partition coefficient (Wildman–Crippen LogP) is 2.29. The quantitative estimate of drug-likeness (QED) is 0.662. The standard InChI is InChI=1S/C10H21F2NO/c1-4-6-13-9(10(11)12)8(2)5-7-14-3/h8-10,13H,4-7H2,1-3H3. The number of ether oxygens (including phenoxy) is 1. The van der Waals surface area contributed by atoms with Crippen molar-refractivity contribution in [3.8, 4) is 0 Å². The molecular formula is C10H21F2NO. The molecule has 0 radical (unpaired) electrons. The van der Waals surface area contributed by atoms with Crippen LogP contribution in [0.2, 0.25) is 0 Å². The second-order valence-corrected chi connectivity index (χ2v) is 3.57. The molecule has 0 fully saturated rings. The van der Waals surface area contributed by atoms with E-state index in [-0.39, 0.29) is 5.92 Å². The van der Waals surface area contributed by atoms with Crippen molar-refractivity contribution in [2.45, 2.75) is 39.2 Å². The molecule has 0 aliphatic heterocycles. The Balaban J connectivity index is 3.91. The number of halogens is 2. The number of hydrogen-bond acceptors (Lipinski definition) is 2. The molecule has 2 unspecified atom stereocenters. The lowest BCUT2D eigenvalue weighted by molar-refractivity contribution is 0.0621. The van der Waals surface area contributed by atoms with Crippen LogP contribution in [0.15, 0.2) is 0 Å². The van der Waals surface area contributed by atoms with Gasteiger partial charge in [0.1, 0.15) is 0 Å². The zero-order valence-electron chi connectivity index (χ0n) is 9.22. The predicted molar refractivity (Wildman–Crippen MR) is 53.7 cm³/mol. The van der Waals surface area contributed by atoms with E-state index in [2.05, 4.69) is 5.32 Å². The summed E-state index contributed by atoms with van der Waals surface area (Å²) in [4.78, 5) is 0. The Hall–Kier alpha value is -0.220. The minimum Gasteiger partial charge on any atom is -0.385 e. The largest absolute Gasteiger partial charge is 0.385 e. The molecule has 0 aromatic carbocycles. The minimum absolute atomic E-state index is 0.0542. The molecule has 0 bridgehead atoms. The molecule has 0 amide bonds. The summed E-state index contributed by atoms with van der Waals surface area (Å²) >= 11 is 0. The van der Waals surface area contributed by atoms with E-state index in [9.17, 15) is 8.78 Å². The van der Waals surface area contributed by atoms with Gasteiger partial charge in [-0.05, 0) is 25.3 Å². The van der Waals surface area contributed by atoms with E-state index in [0.29, 0.717) is 19.6 Å². The van der Waals surface area contributed by atoms with Gasteiger partial charge < -0.3 is 10.1 Å². The van der Waals surface area contributed by atoms with Crippen LogP contribution in [0.3, 0.4) is 0 Å². The Bertz CT molecular complexity index is 133. The number of methoxy groups -OCH3 is 1. The summed E-state index contributed by atoms with van der Waals surface area (Å²) in [6, 6.07) is -0.704. The Morgan fingerprint density at radius 1 is 1.36 bits per heavy atom. The lowest BCUT2D eigenvalue weighted by Crippen LogP contribution is -2.41. The number of rotatable bonds is 8. The van der Waals surface area contributed by atoms with Crippen LogP contribution >= 0.6 is 0 Å². The molecule has 0 saturated heterocycles. The van der Waals surface area contributed by atoms with E-state index in [1.165, 1.54) is 0 Å². The smallest absolute Gasteiger partial charge is 0.253 e. The van der Waals surface area contributed by atoms with Crippen LogP contribution in [0, 0.1) is 5.92 Å². The SMILES string of the molecule is CCCNC(C(F)F)C(C)CCOC. The topological polar surface area (TPSA) is 21.3 Å². The van der Waals surface area contributed by atoms with Crippen LogP contribution in [-0.2, 0) is 4.74 Å². The molecule has 86 valence electrons. The van der Waals surface area contributed by atoms with Gasteiger partial charge in [-0.2, -0.15) is 0 Å². The number of alkyl halides is 2. The van der Waals surface area contributed by atoms with Gasteiger partial charge in [0.2, 0.25) is 0 Å². The molecule has 14 heavy (non-hydrogen) atoms. The van der Waals surface area contributed by atoms with Crippen molar-refractivity contribution in [3.63, 3.8) is 0 Å². The molecule has 1 N–H and O–H groups in total. The summed E-state index contributed by atoms with van der Waals surface area (Å²) in [6.45, 7) is 4.98. The number of nitrogens with one attached hydrogen (secondary N) is 1. The van der Waals surface area contributed by atoms with Gasteiger partial charge in [0.05, 0.1) is 6.04 Å². The van der Waals surface area contributed by atoms with Crippen molar-refractivity contribution in [1.82, 2.24) is 5.32 Å². The molecule has 0 aliphatic rings. The van der Waals surface area contributed by atoms with E-state index in [4.69, 9.17) is 4.74 Å². The normalized spacial score (nSPS) is 15.9. The van der Waals surface area contributed by atoms with E-state index in [0.717, 1.165) is 6.42 Å². The summed E-state index contributed by atoms with van der Waals surface area (Å²) in [7, 11) is 1.59. The van der Waals surface area contributed by atoms with Gasteiger partial charge in [-0.3, -0.25) is 0 Å². The Morgan fingerprint density at radius 2 is 2.00 bits per heavy atom. The van der Waals surface area contributed by atoms with Crippen LogP contribution < -0.4 is 5.32 Å². The van der Waals surface area contributed by atoms with Crippen molar-refractivity contribution in [3.05, 3.63) is 0 Å². The van der Waals surface area contributed by atoms with Gasteiger partial charge in [-0.25, -0.2) is 8.78 Å². The van der Waals surface area contributed by atoms with Gasteiger partial charge in [0, 0.05) is 13.7 Å². The Morgan fingerprint density at radius 3 is 2.43 bits per heavy atom. The number of hydrogen-bond donors (Lipinski definition) is 1. The highest BCUT2D eigenvalue weighted by Gasteiger charge is 2.25. The third-order valence-electron chi connectivity index (χ3n) is 2.29. The molecule has 2 atom stereocenters. The highest BCUT2D eigenvalue weighted by atomic mass is 19.3. The van der Waals surface area contributed by atoms with Gasteiger partial charge >= 0.3 is 0 Å². The Labute approximate surface area is 85.0 Å². The van der Waals surface area contributed by atoms with E-state index in [1.54, 1.807) is 7.11 Å². The first kappa shape index (κ1) is 13.8. The van der Waals surface area contributed by atoms with Gasteiger partial charge in [-0.15, -0.1) is 0 Å². The first-order valence-corrected chi connectivity index (χ1v) is 5.13. The summed E-state index contributed by atoms with van der Waals surface area (Å²) < 4.78 is 30.1. The molecule has 4 heteroatoms. The fourth-order valence-corrected chi connectivity index (χ4v) is 1.33. The molecule has 0 aromatic rings. The van der Waals surface area contributed by atoms with Crippen molar-refractivity contribution >= 4 is 0 Å². The monoisotopic (exact) mass is 209 g/mol. The summed E-state index contributed by atoms with van der Waals surface area (Å²) in [5.74, 6) is -0.0542. The second-order valence-electron chi connectivity index (χ2n) is 3.57. The fourth-order valence-electron chi connectivity index (χ4n) is 1.33. The van der Waals surface area contributed by atoms with Crippen LogP contribution in [0.4, 0.5) is 8.78 Å². The average Bonchev–Trinajstić information content (AvgIpc) is 2.14. The maximum absolute atomic E-state index is 12.6. The fraction of sp³-hybridized carbons (Fsp3) is 1.00. The summed E-state index contributed by atoms with van der Waals surface area (Å²) in [6.07, 6.45) is -0.754. The van der Waals surface area contributed by atoms with Crippen LogP contribution in [-0.4, -0.2) is 32.7 Å². The van der Waals surface area contributed by atoms with Crippen molar-refractivity contribution in [2.75, 3.05) is 20.3 Å². The molecular weight excluding hydrogens is 188 g/mol. The van der Waals surface area contributed by atoms with E-state index >= 15 is 0 Å². The van der Waals surface area contributed by atoms with E-state index in [1.807, 2.05) is 13.8 Å².